The SMILES string of the molecule is O=C(CCn1c(=O)oc2ccccc21)NNC(=O)c1cc2c(s1)CCCCCC2. The lowest BCUT2D eigenvalue weighted by Gasteiger charge is -2.07. The maximum atomic E-state index is 12.4. The number of fused-ring (bicyclic) bond motifs is 2. The van der Waals surface area contributed by atoms with Gasteiger partial charge < -0.3 is 4.42 Å². The zero-order chi connectivity index (χ0) is 20.2. The molecule has 0 spiro atoms. The summed E-state index contributed by atoms with van der Waals surface area (Å²) in [4.78, 5) is 38.4. The van der Waals surface area contributed by atoms with E-state index in [4.69, 9.17) is 4.42 Å². The Labute approximate surface area is 171 Å². The van der Waals surface area contributed by atoms with Crippen LogP contribution in [0.3, 0.4) is 0 Å². The molecule has 0 fully saturated rings. The van der Waals surface area contributed by atoms with E-state index in [0.717, 1.165) is 25.7 Å². The molecular weight excluding hydrogens is 390 g/mol. The van der Waals surface area contributed by atoms with Crippen LogP contribution in [0.5, 0.6) is 0 Å². The van der Waals surface area contributed by atoms with Crippen molar-refractivity contribution in [2.45, 2.75) is 51.5 Å². The third-order valence-electron chi connectivity index (χ3n) is 5.17. The standard InChI is InChI=1S/C21H23N3O4S/c25-19(11-12-24-15-8-5-6-9-16(15)28-21(24)27)22-23-20(26)18-13-14-7-3-1-2-4-10-17(14)29-18/h5-6,8-9,13H,1-4,7,10-12H2,(H,22,25)(H,23,26). The van der Waals surface area contributed by atoms with E-state index in [1.807, 2.05) is 6.07 Å². The van der Waals surface area contributed by atoms with E-state index in [-0.39, 0.29) is 24.8 Å². The number of nitrogens with one attached hydrogen (secondary N) is 2. The molecule has 29 heavy (non-hydrogen) atoms. The number of hydrogen-bond donors (Lipinski definition) is 2. The highest BCUT2D eigenvalue weighted by Gasteiger charge is 2.17. The molecule has 0 saturated carbocycles. The molecular formula is C21H23N3O4S. The highest BCUT2D eigenvalue weighted by Crippen LogP contribution is 2.28. The molecule has 0 radical (unpaired) electrons. The summed E-state index contributed by atoms with van der Waals surface area (Å²) in [6, 6.07) is 9.01. The summed E-state index contributed by atoms with van der Waals surface area (Å²) in [6.07, 6.45) is 6.87. The molecule has 0 saturated heterocycles. The second-order valence-electron chi connectivity index (χ2n) is 7.21. The van der Waals surface area contributed by atoms with Gasteiger partial charge in [0.15, 0.2) is 5.58 Å². The maximum Gasteiger partial charge on any atom is 0.419 e. The van der Waals surface area contributed by atoms with Gasteiger partial charge in [0, 0.05) is 17.8 Å². The van der Waals surface area contributed by atoms with Crippen LogP contribution in [0, 0.1) is 0 Å². The van der Waals surface area contributed by atoms with Crippen LogP contribution in [0.25, 0.3) is 11.1 Å². The smallest absolute Gasteiger partial charge is 0.408 e. The molecule has 3 aromatic rings. The Morgan fingerprint density at radius 2 is 1.86 bits per heavy atom. The molecule has 0 unspecified atom stereocenters. The van der Waals surface area contributed by atoms with Gasteiger partial charge in [0.25, 0.3) is 5.91 Å². The minimum Gasteiger partial charge on any atom is -0.408 e. The monoisotopic (exact) mass is 413 g/mol. The Bertz CT molecular complexity index is 1070. The van der Waals surface area contributed by atoms with Crippen molar-refractivity contribution in [3.05, 3.63) is 56.2 Å². The predicted octanol–water partition coefficient (Wildman–Crippen LogP) is 3.17. The first-order valence-electron chi connectivity index (χ1n) is 9.91. The zero-order valence-corrected chi connectivity index (χ0v) is 16.8. The van der Waals surface area contributed by atoms with E-state index in [9.17, 15) is 14.4 Å². The van der Waals surface area contributed by atoms with Gasteiger partial charge in [-0.15, -0.1) is 11.3 Å². The van der Waals surface area contributed by atoms with Crippen LogP contribution in [0.1, 0.15) is 52.2 Å². The fourth-order valence-electron chi connectivity index (χ4n) is 3.65. The molecule has 2 amide bonds. The lowest BCUT2D eigenvalue weighted by molar-refractivity contribution is -0.122. The van der Waals surface area contributed by atoms with Crippen molar-refractivity contribution in [2.24, 2.45) is 0 Å². The Kier molecular flexibility index (Phi) is 5.80. The minimum atomic E-state index is -0.501. The quantitative estimate of drug-likeness (QED) is 0.643. The summed E-state index contributed by atoms with van der Waals surface area (Å²) in [5, 5.41) is 0. The van der Waals surface area contributed by atoms with Crippen LogP contribution in [0.4, 0.5) is 0 Å². The van der Waals surface area contributed by atoms with Crippen molar-refractivity contribution >= 4 is 34.3 Å². The Morgan fingerprint density at radius 3 is 2.72 bits per heavy atom. The summed E-state index contributed by atoms with van der Waals surface area (Å²) in [6.45, 7) is 0.171. The summed E-state index contributed by atoms with van der Waals surface area (Å²) in [5.74, 6) is -1.18. The molecule has 0 bridgehead atoms. The average molecular weight is 413 g/mol. The summed E-state index contributed by atoms with van der Waals surface area (Å²) in [5.41, 5.74) is 7.31. The largest absolute Gasteiger partial charge is 0.419 e. The molecule has 0 atom stereocenters. The Morgan fingerprint density at radius 1 is 1.07 bits per heavy atom. The van der Waals surface area contributed by atoms with Gasteiger partial charge >= 0.3 is 5.76 Å². The van der Waals surface area contributed by atoms with Gasteiger partial charge in [-0.2, -0.15) is 0 Å². The van der Waals surface area contributed by atoms with Crippen molar-refractivity contribution < 1.29 is 14.0 Å². The number of oxazole rings is 1. The van der Waals surface area contributed by atoms with E-state index in [1.165, 1.54) is 39.2 Å². The molecule has 152 valence electrons. The molecule has 1 aliphatic rings. The number of hydrogen-bond acceptors (Lipinski definition) is 5. The zero-order valence-electron chi connectivity index (χ0n) is 16.0. The number of para-hydroxylation sites is 2. The van der Waals surface area contributed by atoms with Crippen LogP contribution in [-0.2, 0) is 24.2 Å². The highest BCUT2D eigenvalue weighted by atomic mass is 32.1. The number of rotatable bonds is 4. The van der Waals surface area contributed by atoms with Gasteiger partial charge in [-0.3, -0.25) is 25.0 Å². The van der Waals surface area contributed by atoms with Crippen molar-refractivity contribution in [1.29, 1.82) is 0 Å². The number of aromatic nitrogens is 1. The van der Waals surface area contributed by atoms with Crippen LogP contribution >= 0.6 is 11.3 Å². The van der Waals surface area contributed by atoms with E-state index >= 15 is 0 Å². The number of thiophene rings is 1. The van der Waals surface area contributed by atoms with Gasteiger partial charge in [-0.05, 0) is 49.4 Å². The van der Waals surface area contributed by atoms with E-state index in [0.29, 0.717) is 16.0 Å². The first kappa shape index (κ1) is 19.4. The van der Waals surface area contributed by atoms with E-state index < -0.39 is 5.76 Å². The maximum absolute atomic E-state index is 12.4. The topological polar surface area (TPSA) is 93.3 Å². The van der Waals surface area contributed by atoms with Crippen molar-refractivity contribution in [3.8, 4) is 0 Å². The molecule has 2 N–H and O–H groups in total. The molecule has 8 heteroatoms. The Hall–Kier alpha value is -2.87. The Balaban J connectivity index is 1.32. The normalized spacial score (nSPS) is 14.1. The molecule has 2 aromatic heterocycles. The van der Waals surface area contributed by atoms with Crippen molar-refractivity contribution in [3.63, 3.8) is 0 Å². The molecule has 1 aliphatic carbocycles. The van der Waals surface area contributed by atoms with Crippen LogP contribution in [-0.4, -0.2) is 16.4 Å². The minimum absolute atomic E-state index is 0.0463. The molecule has 0 aliphatic heterocycles. The molecule has 7 nitrogen and oxygen atoms in total. The fourth-order valence-corrected chi connectivity index (χ4v) is 4.79. The lowest BCUT2D eigenvalue weighted by atomic mass is 10.00. The lowest BCUT2D eigenvalue weighted by Crippen LogP contribution is -2.41. The van der Waals surface area contributed by atoms with Gasteiger partial charge in [0.05, 0.1) is 10.4 Å². The van der Waals surface area contributed by atoms with Gasteiger partial charge in [-0.25, -0.2) is 4.79 Å². The number of benzene rings is 1. The predicted molar refractivity (Wildman–Crippen MR) is 111 cm³/mol. The number of aryl methyl sites for hydroxylation is 3. The number of carbonyl (C=O) groups excluding carboxylic acids is 2. The number of hydrazine groups is 1. The average Bonchev–Trinajstić information content (AvgIpc) is 3.24. The number of carbonyl (C=O) groups is 2. The molecule has 4 rings (SSSR count). The van der Waals surface area contributed by atoms with E-state index in [1.54, 1.807) is 24.3 Å². The fraction of sp³-hybridized carbons (Fsp3) is 0.381. The second kappa shape index (κ2) is 8.65. The molecule has 1 aromatic carbocycles. The van der Waals surface area contributed by atoms with Crippen LogP contribution < -0.4 is 16.6 Å². The van der Waals surface area contributed by atoms with Gasteiger partial charge in [-0.1, -0.05) is 25.0 Å². The first-order valence-corrected chi connectivity index (χ1v) is 10.7. The summed E-state index contributed by atoms with van der Waals surface area (Å²) in [7, 11) is 0. The van der Waals surface area contributed by atoms with Crippen LogP contribution in [0.2, 0.25) is 0 Å². The highest BCUT2D eigenvalue weighted by molar-refractivity contribution is 7.14. The van der Waals surface area contributed by atoms with Crippen LogP contribution in [0.15, 0.2) is 39.5 Å². The third kappa shape index (κ3) is 4.42. The van der Waals surface area contributed by atoms with Gasteiger partial charge in [0.1, 0.15) is 0 Å². The number of amides is 2. The van der Waals surface area contributed by atoms with Gasteiger partial charge in [0.2, 0.25) is 5.91 Å². The van der Waals surface area contributed by atoms with Crippen molar-refractivity contribution in [1.82, 2.24) is 15.4 Å². The second-order valence-corrected chi connectivity index (χ2v) is 8.35. The first-order chi connectivity index (χ1) is 14.1. The summed E-state index contributed by atoms with van der Waals surface area (Å²) >= 11 is 1.51. The van der Waals surface area contributed by atoms with Crippen molar-refractivity contribution in [2.75, 3.05) is 0 Å². The third-order valence-corrected chi connectivity index (χ3v) is 6.41. The molecule has 2 heterocycles. The summed E-state index contributed by atoms with van der Waals surface area (Å²) < 4.78 is 6.57. The van der Waals surface area contributed by atoms with E-state index in [2.05, 4.69) is 10.9 Å². The number of nitrogens with zero attached hydrogens (tertiary/aromatic N) is 1.